The maximum atomic E-state index is 12.4. The number of amides is 2. The molecule has 2 rings (SSSR count). The first-order chi connectivity index (χ1) is 17.3. The molecule has 0 aliphatic carbocycles. The molecule has 0 saturated heterocycles. The fraction of sp³-hybridized carbons (Fsp3) is 0.440. The van der Waals surface area contributed by atoms with Crippen molar-refractivity contribution in [3.8, 4) is 0 Å². The molecular weight excluding hydrogens is 516 g/mol. The van der Waals surface area contributed by atoms with E-state index in [1.54, 1.807) is 24.3 Å². The Balaban J connectivity index is 1.64. The van der Waals surface area contributed by atoms with Crippen molar-refractivity contribution >= 4 is 31.9 Å². The number of hydrogen-bond acceptors (Lipinski definition) is 6. The Kier molecular flexibility index (Phi) is 11.2. The Morgan fingerprint density at radius 3 is 1.27 bits per heavy atom. The second kappa shape index (κ2) is 13.7. The van der Waals surface area contributed by atoms with E-state index in [0.717, 1.165) is 11.1 Å². The third-order valence-electron chi connectivity index (χ3n) is 5.57. The molecule has 0 aromatic heterocycles. The molecule has 2 aromatic rings. The van der Waals surface area contributed by atoms with Gasteiger partial charge in [0.15, 0.2) is 0 Å². The minimum absolute atomic E-state index is 0.0945. The quantitative estimate of drug-likeness (QED) is 0.262. The molecule has 0 aliphatic heterocycles. The first-order valence-corrected chi connectivity index (χ1v) is 15.0. The van der Waals surface area contributed by atoms with Crippen molar-refractivity contribution in [1.82, 2.24) is 20.1 Å². The highest BCUT2D eigenvalue weighted by Crippen LogP contribution is 2.11. The molecule has 0 heterocycles. The Morgan fingerprint density at radius 2 is 0.946 bits per heavy atom. The molecule has 0 spiro atoms. The predicted molar refractivity (Wildman–Crippen MR) is 142 cm³/mol. The number of benzene rings is 2. The fourth-order valence-electron chi connectivity index (χ4n) is 3.30. The number of rotatable bonds is 14. The molecule has 2 aromatic carbocycles. The number of carbonyl (C=O) groups is 2. The van der Waals surface area contributed by atoms with Crippen LogP contribution in [-0.2, 0) is 29.6 Å². The van der Waals surface area contributed by atoms with Crippen molar-refractivity contribution in [2.24, 2.45) is 0 Å². The Bertz CT molecular complexity index is 1160. The van der Waals surface area contributed by atoms with E-state index in [9.17, 15) is 26.4 Å². The Morgan fingerprint density at radius 1 is 0.622 bits per heavy atom. The molecular formula is C25H36N4O6S2. The molecule has 0 bridgehead atoms. The molecule has 204 valence electrons. The molecule has 10 nitrogen and oxygen atoms in total. The zero-order chi connectivity index (χ0) is 27.6. The summed E-state index contributed by atoms with van der Waals surface area (Å²) in [5, 5.41) is 5.40. The van der Waals surface area contributed by atoms with Gasteiger partial charge in [0.05, 0.1) is 21.9 Å². The van der Waals surface area contributed by atoms with E-state index in [1.165, 1.54) is 38.1 Å². The smallest absolute Gasteiger partial charge is 0.241 e. The summed E-state index contributed by atoms with van der Waals surface area (Å²) in [4.78, 5) is 24.7. The van der Waals surface area contributed by atoms with Gasteiger partial charge in [0, 0.05) is 13.1 Å². The highest BCUT2D eigenvalue weighted by atomic mass is 32.2. The van der Waals surface area contributed by atoms with Crippen LogP contribution in [0.4, 0.5) is 0 Å². The van der Waals surface area contributed by atoms with Gasteiger partial charge in [0.1, 0.15) is 0 Å². The SMILES string of the molecule is Cc1ccc(S(=O)(=O)N[C@@H](C)C(=O)NCCCCCNC(=O)[C@H](C)NS(=O)(=O)c2ccc(C)cc2)cc1. The van der Waals surface area contributed by atoms with Crippen LogP contribution in [0, 0.1) is 13.8 Å². The largest absolute Gasteiger partial charge is 0.355 e. The Hall–Kier alpha value is -2.80. The molecule has 0 unspecified atom stereocenters. The van der Waals surface area contributed by atoms with Crippen LogP contribution in [0.15, 0.2) is 58.3 Å². The molecule has 0 fully saturated rings. The lowest BCUT2D eigenvalue weighted by molar-refractivity contribution is -0.123. The van der Waals surface area contributed by atoms with Crippen molar-refractivity contribution in [2.45, 2.75) is 68.8 Å². The average Bonchev–Trinajstić information content (AvgIpc) is 2.83. The second-order valence-electron chi connectivity index (χ2n) is 8.95. The first-order valence-electron chi connectivity index (χ1n) is 12.1. The van der Waals surface area contributed by atoms with Crippen LogP contribution in [-0.4, -0.2) is 53.8 Å². The number of carbonyl (C=O) groups excluding carboxylic acids is 2. The van der Waals surface area contributed by atoms with Gasteiger partial charge in [-0.1, -0.05) is 35.4 Å². The highest BCUT2D eigenvalue weighted by molar-refractivity contribution is 7.89. The maximum Gasteiger partial charge on any atom is 0.241 e. The average molecular weight is 553 g/mol. The molecule has 4 N–H and O–H groups in total. The van der Waals surface area contributed by atoms with Crippen molar-refractivity contribution in [3.05, 3.63) is 59.7 Å². The summed E-state index contributed by atoms with van der Waals surface area (Å²) >= 11 is 0. The van der Waals surface area contributed by atoms with E-state index in [4.69, 9.17) is 0 Å². The maximum absolute atomic E-state index is 12.4. The minimum Gasteiger partial charge on any atom is -0.355 e. The van der Waals surface area contributed by atoms with Crippen LogP contribution < -0.4 is 20.1 Å². The zero-order valence-corrected chi connectivity index (χ0v) is 23.2. The van der Waals surface area contributed by atoms with Crippen LogP contribution in [0.2, 0.25) is 0 Å². The third-order valence-corrected chi connectivity index (χ3v) is 8.68. The molecule has 0 radical (unpaired) electrons. The normalized spacial score (nSPS) is 13.5. The number of aryl methyl sites for hydroxylation is 2. The van der Waals surface area contributed by atoms with E-state index in [0.29, 0.717) is 32.4 Å². The summed E-state index contributed by atoms with van der Waals surface area (Å²) in [5.74, 6) is -0.864. The van der Waals surface area contributed by atoms with Crippen molar-refractivity contribution in [1.29, 1.82) is 0 Å². The summed E-state index contributed by atoms with van der Waals surface area (Å²) in [5.41, 5.74) is 1.86. The van der Waals surface area contributed by atoms with E-state index in [1.807, 2.05) is 13.8 Å². The number of unbranched alkanes of at least 4 members (excludes halogenated alkanes) is 2. The van der Waals surface area contributed by atoms with Gasteiger partial charge in [-0.15, -0.1) is 0 Å². The minimum atomic E-state index is -3.80. The van der Waals surface area contributed by atoms with E-state index >= 15 is 0 Å². The van der Waals surface area contributed by atoms with Gasteiger partial charge >= 0.3 is 0 Å². The highest BCUT2D eigenvalue weighted by Gasteiger charge is 2.22. The molecule has 12 heteroatoms. The molecule has 37 heavy (non-hydrogen) atoms. The van der Waals surface area contributed by atoms with Crippen LogP contribution in [0.1, 0.15) is 44.2 Å². The van der Waals surface area contributed by atoms with Gasteiger partial charge in [-0.2, -0.15) is 9.44 Å². The number of hydrogen-bond donors (Lipinski definition) is 4. The summed E-state index contributed by atoms with van der Waals surface area (Å²) in [7, 11) is -7.60. The fourth-order valence-corrected chi connectivity index (χ4v) is 5.71. The summed E-state index contributed by atoms with van der Waals surface area (Å²) in [6.45, 7) is 7.37. The molecule has 0 aliphatic rings. The summed E-state index contributed by atoms with van der Waals surface area (Å²) in [6, 6.07) is 10.8. The lowest BCUT2D eigenvalue weighted by Gasteiger charge is -2.15. The van der Waals surface area contributed by atoms with Crippen LogP contribution in [0.25, 0.3) is 0 Å². The Labute approximate surface area is 219 Å². The van der Waals surface area contributed by atoms with Crippen molar-refractivity contribution < 1.29 is 26.4 Å². The number of sulfonamides is 2. The van der Waals surface area contributed by atoms with Crippen LogP contribution in [0.5, 0.6) is 0 Å². The van der Waals surface area contributed by atoms with Crippen LogP contribution in [0.3, 0.4) is 0 Å². The lowest BCUT2D eigenvalue weighted by atomic mass is 10.2. The van der Waals surface area contributed by atoms with Crippen LogP contribution >= 0.6 is 0 Å². The second-order valence-corrected chi connectivity index (χ2v) is 12.4. The third kappa shape index (κ3) is 9.88. The van der Waals surface area contributed by atoms with Gasteiger partial charge in [-0.3, -0.25) is 9.59 Å². The predicted octanol–water partition coefficient (Wildman–Crippen LogP) is 1.74. The van der Waals surface area contributed by atoms with Crippen molar-refractivity contribution in [2.75, 3.05) is 13.1 Å². The van der Waals surface area contributed by atoms with E-state index in [-0.39, 0.29) is 9.79 Å². The molecule has 2 atom stereocenters. The molecule has 0 saturated carbocycles. The van der Waals surface area contributed by atoms with Gasteiger partial charge in [0.25, 0.3) is 0 Å². The van der Waals surface area contributed by atoms with E-state index < -0.39 is 43.9 Å². The van der Waals surface area contributed by atoms with E-state index in [2.05, 4.69) is 20.1 Å². The van der Waals surface area contributed by atoms with Gasteiger partial charge < -0.3 is 10.6 Å². The summed E-state index contributed by atoms with van der Waals surface area (Å²) < 4.78 is 54.4. The lowest BCUT2D eigenvalue weighted by Crippen LogP contribution is -2.45. The zero-order valence-electron chi connectivity index (χ0n) is 21.6. The number of nitrogens with one attached hydrogen (secondary N) is 4. The monoisotopic (exact) mass is 552 g/mol. The standard InChI is InChI=1S/C25H36N4O6S2/c1-18-8-12-22(13-9-18)36(32,33)28-20(3)24(30)26-16-6-5-7-17-27-25(31)21(4)29-37(34,35)23-14-10-19(2)11-15-23/h8-15,20-21,28-29H,5-7,16-17H2,1-4H3,(H,26,30)(H,27,31)/t20-,21-/m0/s1. The van der Waals surface area contributed by atoms with Gasteiger partial charge in [-0.25, -0.2) is 16.8 Å². The van der Waals surface area contributed by atoms with Gasteiger partial charge in [-0.05, 0) is 71.2 Å². The topological polar surface area (TPSA) is 151 Å². The first kappa shape index (κ1) is 30.4. The summed E-state index contributed by atoms with van der Waals surface area (Å²) in [6.07, 6.45) is 1.97. The van der Waals surface area contributed by atoms with Gasteiger partial charge in [0.2, 0.25) is 31.9 Å². The molecule has 2 amide bonds. The van der Waals surface area contributed by atoms with Crippen molar-refractivity contribution in [3.63, 3.8) is 0 Å².